The summed E-state index contributed by atoms with van der Waals surface area (Å²) in [4.78, 5) is 2.33. The topological polar surface area (TPSA) is 3.24 Å². The van der Waals surface area contributed by atoms with Crippen molar-refractivity contribution in [1.29, 1.82) is 0 Å². The minimum atomic E-state index is 0.118. The van der Waals surface area contributed by atoms with Crippen LogP contribution >= 0.6 is 23.2 Å². The highest BCUT2D eigenvalue weighted by molar-refractivity contribution is 6.34. The maximum Gasteiger partial charge on any atom is 0.0455 e. The lowest BCUT2D eigenvalue weighted by atomic mass is 9.76. The van der Waals surface area contributed by atoms with E-state index in [9.17, 15) is 0 Å². The Kier molecular flexibility index (Phi) is 4.02. The van der Waals surface area contributed by atoms with Crippen molar-refractivity contribution in [2.45, 2.75) is 37.6 Å². The molecule has 17 heavy (non-hydrogen) atoms. The van der Waals surface area contributed by atoms with Crippen LogP contribution in [0.2, 0.25) is 10.0 Å². The smallest absolute Gasteiger partial charge is 0.0455 e. The fourth-order valence-electron chi connectivity index (χ4n) is 2.95. The molecule has 0 radical (unpaired) electrons. The molecular weight excluding hydrogens is 253 g/mol. The van der Waals surface area contributed by atoms with Crippen LogP contribution in [-0.2, 0) is 5.54 Å². The van der Waals surface area contributed by atoms with Gasteiger partial charge in [-0.15, -0.1) is 0 Å². The Labute approximate surface area is 114 Å². The van der Waals surface area contributed by atoms with Gasteiger partial charge < -0.3 is 0 Å². The van der Waals surface area contributed by atoms with Gasteiger partial charge in [0.15, 0.2) is 0 Å². The lowest BCUT2D eigenvalue weighted by Gasteiger charge is -2.43. The number of hydrogen-bond donors (Lipinski definition) is 0. The normalized spacial score (nSPS) is 19.6. The monoisotopic (exact) mass is 271 g/mol. The number of benzene rings is 1. The Morgan fingerprint density at radius 2 is 1.47 bits per heavy atom. The largest absolute Gasteiger partial charge is 0.300 e. The first-order valence-electron chi connectivity index (χ1n) is 6.19. The molecule has 0 heterocycles. The Morgan fingerprint density at radius 3 is 1.94 bits per heavy atom. The second-order valence-corrected chi connectivity index (χ2v) is 6.02. The predicted molar refractivity (Wildman–Crippen MR) is 74.9 cm³/mol. The Hall–Kier alpha value is -0.240. The summed E-state index contributed by atoms with van der Waals surface area (Å²) in [6.07, 6.45) is 6.28. The van der Waals surface area contributed by atoms with Crippen molar-refractivity contribution in [1.82, 2.24) is 4.90 Å². The van der Waals surface area contributed by atoms with Gasteiger partial charge in [-0.05, 0) is 50.7 Å². The first-order valence-corrected chi connectivity index (χ1v) is 6.94. The van der Waals surface area contributed by atoms with Gasteiger partial charge in [-0.25, -0.2) is 0 Å². The SMILES string of the molecule is CN(C)C1(c2cc(Cl)cc(Cl)c2)CCCCC1. The third kappa shape index (κ3) is 2.62. The Morgan fingerprint density at radius 1 is 0.941 bits per heavy atom. The summed E-state index contributed by atoms with van der Waals surface area (Å²) < 4.78 is 0. The van der Waals surface area contributed by atoms with Crippen molar-refractivity contribution in [2.24, 2.45) is 0 Å². The maximum absolute atomic E-state index is 6.13. The summed E-state index contributed by atoms with van der Waals surface area (Å²) in [6, 6.07) is 5.94. The quantitative estimate of drug-likeness (QED) is 0.753. The van der Waals surface area contributed by atoms with Crippen molar-refractivity contribution < 1.29 is 0 Å². The predicted octanol–water partition coefficient (Wildman–Crippen LogP) is 4.71. The zero-order valence-electron chi connectivity index (χ0n) is 10.5. The molecule has 0 aromatic heterocycles. The molecule has 3 heteroatoms. The van der Waals surface area contributed by atoms with E-state index in [-0.39, 0.29) is 5.54 Å². The summed E-state index contributed by atoms with van der Waals surface area (Å²) in [5, 5.41) is 1.47. The van der Waals surface area contributed by atoms with Gasteiger partial charge in [-0.2, -0.15) is 0 Å². The van der Waals surface area contributed by atoms with Crippen molar-refractivity contribution >= 4 is 23.2 Å². The summed E-state index contributed by atoms with van der Waals surface area (Å²) in [5.74, 6) is 0. The van der Waals surface area contributed by atoms with Gasteiger partial charge in [-0.1, -0.05) is 42.5 Å². The van der Waals surface area contributed by atoms with Crippen molar-refractivity contribution in [3.63, 3.8) is 0 Å². The molecule has 1 aliphatic rings. The summed E-state index contributed by atoms with van der Waals surface area (Å²) >= 11 is 12.3. The highest BCUT2D eigenvalue weighted by Crippen LogP contribution is 2.42. The molecular formula is C14H19Cl2N. The molecule has 1 aromatic carbocycles. The van der Waals surface area contributed by atoms with Gasteiger partial charge >= 0.3 is 0 Å². The number of nitrogens with zero attached hydrogens (tertiary/aromatic N) is 1. The summed E-state index contributed by atoms with van der Waals surface area (Å²) in [6.45, 7) is 0. The summed E-state index contributed by atoms with van der Waals surface area (Å²) in [5.41, 5.74) is 1.38. The highest BCUT2D eigenvalue weighted by atomic mass is 35.5. The van der Waals surface area contributed by atoms with Crippen LogP contribution in [0.15, 0.2) is 18.2 Å². The first-order chi connectivity index (χ1) is 8.04. The molecule has 0 N–H and O–H groups in total. The van der Waals surface area contributed by atoms with Gasteiger partial charge in [0.2, 0.25) is 0 Å². The van der Waals surface area contributed by atoms with Gasteiger partial charge in [0.05, 0.1) is 0 Å². The second kappa shape index (κ2) is 5.17. The molecule has 0 spiro atoms. The van der Waals surface area contributed by atoms with E-state index < -0.39 is 0 Å². The van der Waals surface area contributed by atoms with E-state index in [0.29, 0.717) is 0 Å². The van der Waals surface area contributed by atoms with Crippen LogP contribution in [0.5, 0.6) is 0 Å². The van der Waals surface area contributed by atoms with E-state index in [2.05, 4.69) is 31.1 Å². The molecule has 1 saturated carbocycles. The lowest BCUT2D eigenvalue weighted by Crippen LogP contribution is -2.43. The molecule has 1 aromatic rings. The molecule has 0 unspecified atom stereocenters. The lowest BCUT2D eigenvalue weighted by molar-refractivity contribution is 0.0989. The van der Waals surface area contributed by atoms with E-state index in [1.165, 1.54) is 37.7 Å². The first kappa shape index (κ1) is 13.2. The fraction of sp³-hybridized carbons (Fsp3) is 0.571. The third-order valence-electron chi connectivity index (χ3n) is 3.94. The Bertz CT molecular complexity index is 375. The van der Waals surface area contributed by atoms with E-state index in [1.807, 2.05) is 0 Å². The fourth-order valence-corrected chi connectivity index (χ4v) is 3.48. The zero-order valence-corrected chi connectivity index (χ0v) is 12.0. The van der Waals surface area contributed by atoms with Crippen molar-refractivity contribution in [3.8, 4) is 0 Å². The molecule has 0 amide bonds. The molecule has 94 valence electrons. The zero-order chi connectivity index (χ0) is 12.5. The molecule has 2 rings (SSSR count). The van der Waals surface area contributed by atoms with Gasteiger partial charge in [0, 0.05) is 15.6 Å². The average molecular weight is 272 g/mol. The van der Waals surface area contributed by atoms with E-state index >= 15 is 0 Å². The van der Waals surface area contributed by atoms with Crippen LogP contribution in [-0.4, -0.2) is 19.0 Å². The molecule has 0 saturated heterocycles. The third-order valence-corrected chi connectivity index (χ3v) is 4.37. The van der Waals surface area contributed by atoms with Crippen LogP contribution in [0.4, 0.5) is 0 Å². The highest BCUT2D eigenvalue weighted by Gasteiger charge is 2.36. The molecule has 0 atom stereocenters. The number of halogens is 2. The summed E-state index contributed by atoms with van der Waals surface area (Å²) in [7, 11) is 4.31. The molecule has 1 aliphatic carbocycles. The van der Waals surface area contributed by atoms with Crippen molar-refractivity contribution in [3.05, 3.63) is 33.8 Å². The van der Waals surface area contributed by atoms with Gasteiger partial charge in [0.25, 0.3) is 0 Å². The van der Waals surface area contributed by atoms with E-state index in [1.54, 1.807) is 6.07 Å². The minimum Gasteiger partial charge on any atom is -0.300 e. The van der Waals surface area contributed by atoms with Gasteiger partial charge in [-0.3, -0.25) is 4.90 Å². The maximum atomic E-state index is 6.13. The molecule has 1 nitrogen and oxygen atoms in total. The van der Waals surface area contributed by atoms with Gasteiger partial charge in [0.1, 0.15) is 0 Å². The van der Waals surface area contributed by atoms with Crippen LogP contribution in [0.25, 0.3) is 0 Å². The van der Waals surface area contributed by atoms with Crippen molar-refractivity contribution in [2.75, 3.05) is 14.1 Å². The van der Waals surface area contributed by atoms with Crippen LogP contribution in [0, 0.1) is 0 Å². The molecule has 0 bridgehead atoms. The van der Waals surface area contributed by atoms with Crippen LogP contribution in [0.3, 0.4) is 0 Å². The van der Waals surface area contributed by atoms with Crippen LogP contribution in [0.1, 0.15) is 37.7 Å². The van der Waals surface area contributed by atoms with Crippen LogP contribution < -0.4 is 0 Å². The van der Waals surface area contributed by atoms with E-state index in [4.69, 9.17) is 23.2 Å². The minimum absolute atomic E-state index is 0.118. The standard InChI is InChI=1S/C14H19Cl2N/c1-17(2)14(6-4-3-5-7-14)11-8-12(15)10-13(16)9-11/h8-10H,3-7H2,1-2H3. The number of rotatable bonds is 2. The Balaban J connectivity index is 2.44. The molecule has 1 fully saturated rings. The second-order valence-electron chi connectivity index (χ2n) is 5.14. The number of hydrogen-bond acceptors (Lipinski definition) is 1. The molecule has 0 aliphatic heterocycles. The average Bonchev–Trinajstić information content (AvgIpc) is 2.28. The van der Waals surface area contributed by atoms with E-state index in [0.717, 1.165) is 10.0 Å².